The summed E-state index contributed by atoms with van der Waals surface area (Å²) < 4.78 is 22.5. The maximum Gasteiger partial charge on any atom is 0.251 e. The van der Waals surface area contributed by atoms with Crippen LogP contribution in [0, 0.1) is 0 Å². The van der Waals surface area contributed by atoms with E-state index < -0.39 is 9.84 Å². The minimum absolute atomic E-state index is 0.201. The Morgan fingerprint density at radius 3 is 2.33 bits per heavy atom. The third-order valence-corrected chi connectivity index (χ3v) is 4.57. The van der Waals surface area contributed by atoms with Gasteiger partial charge >= 0.3 is 0 Å². The number of halogens is 1. The Kier molecular flexibility index (Phi) is 5.34. The number of alkyl halides is 1. The Balaban J connectivity index is 2.71. The number of sulfone groups is 1. The van der Waals surface area contributed by atoms with Gasteiger partial charge in [-0.1, -0.05) is 22.9 Å². The van der Waals surface area contributed by atoms with Crippen molar-refractivity contribution in [1.29, 1.82) is 0 Å². The number of carbonyl (C=O) groups excluding carboxylic acids is 1. The van der Waals surface area contributed by atoms with Gasteiger partial charge in [0.05, 0.1) is 4.90 Å². The van der Waals surface area contributed by atoms with Crippen LogP contribution in [0.3, 0.4) is 0 Å². The van der Waals surface area contributed by atoms with Gasteiger partial charge in [0.15, 0.2) is 9.84 Å². The average Bonchev–Trinajstić information content (AvgIpc) is 2.34. The summed E-state index contributed by atoms with van der Waals surface area (Å²) in [6.07, 6.45) is 2.06. The highest BCUT2D eigenvalue weighted by Crippen LogP contribution is 2.10. The van der Waals surface area contributed by atoms with Crippen molar-refractivity contribution >= 4 is 31.7 Å². The van der Waals surface area contributed by atoms with E-state index in [2.05, 4.69) is 21.2 Å². The first kappa shape index (κ1) is 15.2. The van der Waals surface area contributed by atoms with Crippen molar-refractivity contribution in [2.75, 3.05) is 12.8 Å². The molecule has 0 bridgehead atoms. The summed E-state index contributed by atoms with van der Waals surface area (Å²) in [6.45, 7) is 2.57. The summed E-state index contributed by atoms with van der Waals surface area (Å²) in [6, 6.07) is 5.91. The smallest absolute Gasteiger partial charge is 0.251 e. The third-order valence-electron chi connectivity index (χ3n) is 2.47. The van der Waals surface area contributed by atoms with Gasteiger partial charge < -0.3 is 5.32 Å². The molecule has 1 aromatic rings. The molecule has 0 saturated carbocycles. The largest absolute Gasteiger partial charge is 0.351 e. The molecule has 0 heterocycles. The van der Waals surface area contributed by atoms with Crippen molar-refractivity contribution in [3.63, 3.8) is 0 Å². The lowest BCUT2D eigenvalue weighted by Crippen LogP contribution is -2.29. The van der Waals surface area contributed by atoms with E-state index in [0.29, 0.717) is 12.1 Å². The van der Waals surface area contributed by atoms with E-state index in [4.69, 9.17) is 0 Å². The molecule has 6 heteroatoms. The second-order valence-electron chi connectivity index (χ2n) is 4.01. The van der Waals surface area contributed by atoms with Crippen LogP contribution in [-0.2, 0) is 9.84 Å². The van der Waals surface area contributed by atoms with Crippen LogP contribution in [0.2, 0.25) is 0 Å². The summed E-state index contributed by atoms with van der Waals surface area (Å²) in [5, 5.41) is 2.77. The number of carbonyl (C=O) groups is 1. The molecule has 0 radical (unpaired) electrons. The molecule has 0 fully saturated rings. The molecular weight excluding hydrogens is 318 g/mol. The number of rotatable bonds is 5. The summed E-state index contributed by atoms with van der Waals surface area (Å²) >= 11 is 3.42. The van der Waals surface area contributed by atoms with Gasteiger partial charge in [-0.15, -0.1) is 0 Å². The van der Waals surface area contributed by atoms with E-state index in [9.17, 15) is 13.2 Å². The van der Waals surface area contributed by atoms with E-state index in [-0.39, 0.29) is 15.6 Å². The Morgan fingerprint density at radius 1 is 1.33 bits per heavy atom. The molecule has 0 aliphatic heterocycles. The highest BCUT2D eigenvalue weighted by atomic mass is 79.9. The summed E-state index contributed by atoms with van der Waals surface area (Å²) in [5.74, 6) is -0.201. The van der Waals surface area contributed by atoms with Crippen molar-refractivity contribution < 1.29 is 13.2 Å². The molecule has 1 amide bonds. The average molecular weight is 334 g/mol. The fourth-order valence-electron chi connectivity index (χ4n) is 1.30. The molecule has 100 valence electrons. The van der Waals surface area contributed by atoms with Crippen LogP contribution in [0.5, 0.6) is 0 Å². The topological polar surface area (TPSA) is 63.2 Å². The van der Waals surface area contributed by atoms with Crippen molar-refractivity contribution in [3.8, 4) is 0 Å². The molecule has 1 atom stereocenters. The molecule has 0 spiro atoms. The molecule has 0 aromatic heterocycles. The lowest BCUT2D eigenvalue weighted by molar-refractivity contribution is 0.0953. The zero-order valence-electron chi connectivity index (χ0n) is 10.3. The van der Waals surface area contributed by atoms with Crippen LogP contribution in [0.15, 0.2) is 29.2 Å². The molecule has 1 unspecified atom stereocenters. The minimum Gasteiger partial charge on any atom is -0.351 e. The van der Waals surface area contributed by atoms with Gasteiger partial charge in [0.1, 0.15) is 0 Å². The highest BCUT2D eigenvalue weighted by molar-refractivity contribution is 9.09. The molecule has 4 nitrogen and oxygen atoms in total. The fraction of sp³-hybridized carbons (Fsp3) is 0.417. The molecule has 0 aliphatic rings. The maximum atomic E-state index is 11.7. The lowest BCUT2D eigenvalue weighted by Gasteiger charge is -2.09. The van der Waals surface area contributed by atoms with Crippen molar-refractivity contribution in [2.24, 2.45) is 0 Å². The van der Waals surface area contributed by atoms with Crippen molar-refractivity contribution in [2.45, 2.75) is 23.1 Å². The van der Waals surface area contributed by atoms with Crippen LogP contribution in [0.1, 0.15) is 23.7 Å². The SMILES string of the molecule is CCC(Br)CNC(=O)c1ccc(S(C)(=O)=O)cc1. The van der Waals surface area contributed by atoms with Gasteiger partial charge in [-0.05, 0) is 30.7 Å². The second kappa shape index (κ2) is 6.33. The Bertz CT molecular complexity index is 511. The van der Waals surface area contributed by atoms with E-state index in [1.165, 1.54) is 24.3 Å². The fourth-order valence-corrected chi connectivity index (χ4v) is 2.10. The van der Waals surface area contributed by atoms with Gasteiger partial charge in [-0.25, -0.2) is 8.42 Å². The van der Waals surface area contributed by atoms with Crippen LogP contribution in [0.4, 0.5) is 0 Å². The molecule has 0 aliphatic carbocycles. The Labute approximate surface area is 116 Å². The lowest BCUT2D eigenvalue weighted by atomic mass is 10.2. The van der Waals surface area contributed by atoms with Crippen LogP contribution in [-0.4, -0.2) is 32.0 Å². The zero-order chi connectivity index (χ0) is 13.8. The first-order valence-electron chi connectivity index (χ1n) is 5.57. The molecule has 1 rings (SSSR count). The van der Waals surface area contributed by atoms with E-state index in [0.717, 1.165) is 12.7 Å². The van der Waals surface area contributed by atoms with Crippen molar-refractivity contribution in [3.05, 3.63) is 29.8 Å². The van der Waals surface area contributed by atoms with Crippen LogP contribution >= 0.6 is 15.9 Å². The van der Waals surface area contributed by atoms with Gasteiger partial charge in [0.25, 0.3) is 5.91 Å². The highest BCUT2D eigenvalue weighted by Gasteiger charge is 2.10. The maximum absolute atomic E-state index is 11.7. The number of amides is 1. The first-order valence-corrected chi connectivity index (χ1v) is 8.37. The predicted molar refractivity (Wildman–Crippen MR) is 74.9 cm³/mol. The van der Waals surface area contributed by atoms with Crippen molar-refractivity contribution in [1.82, 2.24) is 5.32 Å². The number of hydrogen-bond acceptors (Lipinski definition) is 3. The van der Waals surface area contributed by atoms with Gasteiger partial charge in [-0.2, -0.15) is 0 Å². The zero-order valence-corrected chi connectivity index (χ0v) is 12.7. The normalized spacial score (nSPS) is 13.1. The Hall–Kier alpha value is -0.880. The van der Waals surface area contributed by atoms with Crippen LogP contribution < -0.4 is 5.32 Å². The minimum atomic E-state index is -3.21. The van der Waals surface area contributed by atoms with E-state index in [1.807, 2.05) is 6.92 Å². The second-order valence-corrected chi connectivity index (χ2v) is 7.32. The number of hydrogen-bond donors (Lipinski definition) is 1. The third kappa shape index (κ3) is 4.42. The molecule has 1 N–H and O–H groups in total. The quantitative estimate of drug-likeness (QED) is 0.838. The van der Waals surface area contributed by atoms with E-state index >= 15 is 0 Å². The molecule has 0 saturated heterocycles. The van der Waals surface area contributed by atoms with Crippen LogP contribution in [0.25, 0.3) is 0 Å². The molecular formula is C12H16BrNO3S. The molecule has 1 aromatic carbocycles. The summed E-state index contributed by atoms with van der Waals surface area (Å²) in [7, 11) is -3.21. The molecule has 18 heavy (non-hydrogen) atoms. The number of benzene rings is 1. The summed E-state index contributed by atoms with van der Waals surface area (Å²) in [5.41, 5.74) is 0.457. The summed E-state index contributed by atoms with van der Waals surface area (Å²) in [4.78, 5) is 12.2. The standard InChI is InChI=1S/C12H16BrNO3S/c1-3-10(13)8-14-12(15)9-4-6-11(7-5-9)18(2,16)17/h4-7,10H,3,8H2,1-2H3,(H,14,15). The monoisotopic (exact) mass is 333 g/mol. The Morgan fingerprint density at radius 2 is 1.89 bits per heavy atom. The first-order chi connectivity index (χ1) is 8.34. The van der Waals surface area contributed by atoms with E-state index in [1.54, 1.807) is 0 Å². The van der Waals surface area contributed by atoms with Gasteiger partial charge in [-0.3, -0.25) is 4.79 Å². The predicted octanol–water partition coefficient (Wildman–Crippen LogP) is 1.99. The van der Waals surface area contributed by atoms with Gasteiger partial charge in [0.2, 0.25) is 0 Å². The number of nitrogens with one attached hydrogen (secondary N) is 1. The van der Waals surface area contributed by atoms with Gasteiger partial charge in [0, 0.05) is 23.2 Å².